The molecular formula is C17H24N2O3S2. The molecule has 2 aliphatic heterocycles. The van der Waals surface area contributed by atoms with E-state index in [0.29, 0.717) is 13.0 Å². The van der Waals surface area contributed by atoms with Crippen molar-refractivity contribution in [2.24, 2.45) is 11.3 Å². The van der Waals surface area contributed by atoms with Gasteiger partial charge in [0.1, 0.15) is 0 Å². The highest BCUT2D eigenvalue weighted by Crippen LogP contribution is 2.56. The van der Waals surface area contributed by atoms with Gasteiger partial charge in [0.15, 0.2) is 9.84 Å². The minimum Gasteiger partial charge on any atom is -0.335 e. The lowest BCUT2D eigenvalue weighted by molar-refractivity contribution is -0.136. The van der Waals surface area contributed by atoms with Crippen molar-refractivity contribution in [2.75, 3.05) is 24.6 Å². The van der Waals surface area contributed by atoms with E-state index in [0.717, 1.165) is 37.9 Å². The van der Waals surface area contributed by atoms with Crippen LogP contribution in [0.2, 0.25) is 0 Å². The van der Waals surface area contributed by atoms with E-state index in [4.69, 9.17) is 0 Å². The van der Waals surface area contributed by atoms with Gasteiger partial charge in [0.2, 0.25) is 5.91 Å². The molecule has 132 valence electrons. The zero-order chi connectivity index (χ0) is 16.8. The van der Waals surface area contributed by atoms with Crippen LogP contribution >= 0.6 is 11.3 Å². The number of amides is 1. The molecule has 3 heterocycles. The summed E-state index contributed by atoms with van der Waals surface area (Å²) in [4.78, 5) is 15.1. The van der Waals surface area contributed by atoms with Gasteiger partial charge in [-0.3, -0.25) is 4.79 Å². The van der Waals surface area contributed by atoms with E-state index in [9.17, 15) is 13.2 Å². The Hall–Kier alpha value is -0.920. The van der Waals surface area contributed by atoms with Gasteiger partial charge in [-0.25, -0.2) is 8.42 Å². The molecule has 0 radical (unpaired) electrons. The van der Waals surface area contributed by atoms with Crippen LogP contribution in [0.4, 0.5) is 0 Å². The van der Waals surface area contributed by atoms with Gasteiger partial charge in [-0.1, -0.05) is 0 Å². The molecule has 2 atom stereocenters. The second kappa shape index (κ2) is 6.11. The fourth-order valence-electron chi connectivity index (χ4n) is 4.37. The largest absolute Gasteiger partial charge is 0.335 e. The molecule has 1 aromatic heterocycles. The van der Waals surface area contributed by atoms with Gasteiger partial charge >= 0.3 is 0 Å². The first-order chi connectivity index (χ1) is 11.5. The predicted molar refractivity (Wildman–Crippen MR) is 94.6 cm³/mol. The summed E-state index contributed by atoms with van der Waals surface area (Å²) in [6.45, 7) is 2.67. The second-order valence-electron chi connectivity index (χ2n) is 7.53. The number of hydrogen-bond donors (Lipinski definition) is 1. The zero-order valence-corrected chi connectivity index (χ0v) is 15.4. The zero-order valence-electron chi connectivity index (χ0n) is 13.7. The fourth-order valence-corrected chi connectivity index (χ4v) is 6.77. The summed E-state index contributed by atoms with van der Waals surface area (Å²) in [5.41, 5.74) is 1.43. The Labute approximate surface area is 147 Å². The molecule has 1 aromatic rings. The molecule has 0 aromatic carbocycles. The summed E-state index contributed by atoms with van der Waals surface area (Å²) in [5.74, 6) is -0.0847. The van der Waals surface area contributed by atoms with Crippen molar-refractivity contribution >= 4 is 27.1 Å². The van der Waals surface area contributed by atoms with E-state index in [1.54, 1.807) is 11.3 Å². The first kappa shape index (κ1) is 16.5. The van der Waals surface area contributed by atoms with Crippen LogP contribution in [-0.2, 0) is 21.2 Å². The standard InChI is InChI=1S/C17H24N2O3S2/c20-16(14-2-8-24(21,22)12-14)19(10-13-1-7-23-11-13)15-9-17(15)3-5-18-6-4-17/h1,7,11,14-15,18H,2-6,8-10,12H2/t14-,15+/m0/s1. The molecule has 1 aliphatic carbocycles. The van der Waals surface area contributed by atoms with Gasteiger partial charge in [-0.15, -0.1) is 0 Å². The topological polar surface area (TPSA) is 66.5 Å². The third-order valence-electron chi connectivity index (χ3n) is 5.92. The van der Waals surface area contributed by atoms with Gasteiger partial charge < -0.3 is 10.2 Å². The summed E-state index contributed by atoms with van der Waals surface area (Å²) in [6, 6.07) is 2.35. The number of thiophene rings is 1. The van der Waals surface area contributed by atoms with Gasteiger partial charge in [-0.05, 0) is 66.6 Å². The Morgan fingerprint density at radius 3 is 2.79 bits per heavy atom. The monoisotopic (exact) mass is 368 g/mol. The summed E-state index contributed by atoms with van der Waals surface area (Å²) in [5, 5.41) is 7.52. The number of carbonyl (C=O) groups excluding carboxylic acids is 1. The first-order valence-electron chi connectivity index (χ1n) is 8.72. The van der Waals surface area contributed by atoms with Crippen molar-refractivity contribution < 1.29 is 13.2 Å². The molecule has 2 saturated heterocycles. The van der Waals surface area contributed by atoms with Gasteiger partial charge in [0.05, 0.1) is 17.4 Å². The summed E-state index contributed by atoms with van der Waals surface area (Å²) in [7, 11) is -3.03. The first-order valence-corrected chi connectivity index (χ1v) is 11.5. The van der Waals surface area contributed by atoms with E-state index in [1.807, 2.05) is 10.3 Å². The van der Waals surface area contributed by atoms with Crippen LogP contribution in [0.3, 0.4) is 0 Å². The van der Waals surface area contributed by atoms with Crippen LogP contribution in [0.25, 0.3) is 0 Å². The minimum absolute atomic E-state index is 0.0350. The third-order valence-corrected chi connectivity index (χ3v) is 8.42. The lowest BCUT2D eigenvalue weighted by atomic mass is 9.93. The minimum atomic E-state index is -3.03. The molecule has 3 fully saturated rings. The molecule has 1 amide bonds. The number of carbonyl (C=O) groups is 1. The van der Waals surface area contributed by atoms with E-state index >= 15 is 0 Å². The molecule has 1 N–H and O–H groups in total. The highest BCUT2D eigenvalue weighted by Gasteiger charge is 2.58. The van der Waals surface area contributed by atoms with Gasteiger partial charge in [0.25, 0.3) is 0 Å². The smallest absolute Gasteiger partial charge is 0.227 e. The number of nitrogens with zero attached hydrogens (tertiary/aromatic N) is 1. The highest BCUT2D eigenvalue weighted by molar-refractivity contribution is 7.91. The molecule has 3 aliphatic rings. The van der Waals surface area contributed by atoms with Crippen LogP contribution < -0.4 is 5.32 Å². The fraction of sp³-hybridized carbons (Fsp3) is 0.706. The normalized spacial score (nSPS) is 30.3. The Balaban J connectivity index is 1.53. The number of sulfone groups is 1. The van der Waals surface area contributed by atoms with Crippen LogP contribution in [-0.4, -0.2) is 49.9 Å². The van der Waals surface area contributed by atoms with Crippen LogP contribution in [0.1, 0.15) is 31.2 Å². The highest BCUT2D eigenvalue weighted by atomic mass is 32.2. The molecule has 5 nitrogen and oxygen atoms in total. The molecule has 24 heavy (non-hydrogen) atoms. The second-order valence-corrected chi connectivity index (χ2v) is 10.5. The van der Waals surface area contributed by atoms with E-state index in [2.05, 4.69) is 16.8 Å². The molecular weight excluding hydrogens is 344 g/mol. The summed E-state index contributed by atoms with van der Waals surface area (Å²) < 4.78 is 23.6. The molecule has 1 spiro atoms. The van der Waals surface area contributed by atoms with Crippen molar-refractivity contribution in [3.8, 4) is 0 Å². The van der Waals surface area contributed by atoms with Crippen molar-refractivity contribution in [3.05, 3.63) is 22.4 Å². The van der Waals surface area contributed by atoms with Crippen molar-refractivity contribution in [1.82, 2.24) is 10.2 Å². The lowest BCUT2D eigenvalue weighted by Crippen LogP contribution is -2.42. The van der Waals surface area contributed by atoms with Crippen molar-refractivity contribution in [3.63, 3.8) is 0 Å². The van der Waals surface area contributed by atoms with Crippen molar-refractivity contribution in [1.29, 1.82) is 0 Å². The van der Waals surface area contributed by atoms with Crippen LogP contribution in [0, 0.1) is 11.3 Å². The average Bonchev–Trinajstić information content (AvgIpc) is 2.94. The van der Waals surface area contributed by atoms with Gasteiger partial charge in [-0.2, -0.15) is 11.3 Å². The summed E-state index contributed by atoms with van der Waals surface area (Å²) in [6.07, 6.45) is 3.80. The summed E-state index contributed by atoms with van der Waals surface area (Å²) >= 11 is 1.64. The van der Waals surface area contributed by atoms with Gasteiger partial charge in [0, 0.05) is 12.6 Å². The Bertz CT molecular complexity index is 708. The maximum absolute atomic E-state index is 13.1. The third kappa shape index (κ3) is 3.13. The Kier molecular flexibility index (Phi) is 4.21. The van der Waals surface area contributed by atoms with Crippen molar-refractivity contribution in [2.45, 2.75) is 38.3 Å². The quantitative estimate of drug-likeness (QED) is 0.878. The Morgan fingerprint density at radius 2 is 2.17 bits per heavy atom. The average molecular weight is 369 g/mol. The van der Waals surface area contributed by atoms with E-state index < -0.39 is 9.84 Å². The SMILES string of the molecule is O=C([C@H]1CCS(=O)(=O)C1)N(Cc1ccsc1)[C@@H]1CC12CCNCC2. The maximum atomic E-state index is 13.1. The number of rotatable bonds is 4. The van der Waals surface area contributed by atoms with Crippen LogP contribution in [0.5, 0.6) is 0 Å². The lowest BCUT2D eigenvalue weighted by Gasteiger charge is -2.31. The van der Waals surface area contributed by atoms with E-state index in [1.165, 1.54) is 0 Å². The number of nitrogens with one attached hydrogen (secondary N) is 1. The van der Waals surface area contributed by atoms with Crippen LogP contribution in [0.15, 0.2) is 16.8 Å². The molecule has 7 heteroatoms. The number of piperidine rings is 1. The maximum Gasteiger partial charge on any atom is 0.227 e. The predicted octanol–water partition coefficient (Wildman–Crippen LogP) is 1.65. The molecule has 0 bridgehead atoms. The van der Waals surface area contributed by atoms with E-state index in [-0.39, 0.29) is 34.8 Å². The molecule has 1 saturated carbocycles. The molecule has 0 unspecified atom stereocenters. The Morgan fingerprint density at radius 1 is 1.38 bits per heavy atom. The number of hydrogen-bond acceptors (Lipinski definition) is 5. The molecule has 4 rings (SSSR count).